The zero-order valence-electron chi connectivity index (χ0n) is 14.8. The SMILES string of the molecule is CCOCc1ccccc1CNC(=NC)NCc1ccccc1C. The van der Waals surface area contributed by atoms with Crippen LogP contribution in [0, 0.1) is 6.92 Å². The van der Waals surface area contributed by atoms with Crippen LogP contribution in [0.25, 0.3) is 0 Å². The molecule has 128 valence electrons. The Morgan fingerprint density at radius 2 is 1.50 bits per heavy atom. The molecule has 2 rings (SSSR count). The van der Waals surface area contributed by atoms with Crippen LogP contribution in [-0.2, 0) is 24.4 Å². The fourth-order valence-corrected chi connectivity index (χ4v) is 2.47. The highest BCUT2D eigenvalue weighted by Gasteiger charge is 2.04. The molecule has 0 aliphatic carbocycles. The third-order valence-electron chi connectivity index (χ3n) is 3.96. The van der Waals surface area contributed by atoms with Crippen molar-refractivity contribution >= 4 is 5.96 Å². The molecule has 2 aromatic carbocycles. The first-order valence-corrected chi connectivity index (χ1v) is 8.38. The number of rotatable bonds is 7. The van der Waals surface area contributed by atoms with Crippen molar-refractivity contribution in [2.75, 3.05) is 13.7 Å². The van der Waals surface area contributed by atoms with E-state index in [-0.39, 0.29) is 0 Å². The molecule has 0 bridgehead atoms. The number of guanidine groups is 1. The van der Waals surface area contributed by atoms with Gasteiger partial charge in [-0.2, -0.15) is 0 Å². The lowest BCUT2D eigenvalue weighted by Crippen LogP contribution is -2.36. The second kappa shape index (κ2) is 9.73. The van der Waals surface area contributed by atoms with Gasteiger partial charge in [-0.1, -0.05) is 48.5 Å². The lowest BCUT2D eigenvalue weighted by molar-refractivity contribution is 0.133. The number of nitrogens with one attached hydrogen (secondary N) is 2. The lowest BCUT2D eigenvalue weighted by Gasteiger charge is -2.15. The molecular formula is C20H27N3O. The Hall–Kier alpha value is -2.33. The summed E-state index contributed by atoms with van der Waals surface area (Å²) < 4.78 is 5.54. The number of ether oxygens (including phenoxy) is 1. The van der Waals surface area contributed by atoms with Gasteiger partial charge in [-0.3, -0.25) is 4.99 Å². The largest absolute Gasteiger partial charge is 0.377 e. The van der Waals surface area contributed by atoms with Gasteiger partial charge in [0.05, 0.1) is 6.61 Å². The van der Waals surface area contributed by atoms with Crippen LogP contribution in [0.1, 0.15) is 29.2 Å². The molecule has 4 heteroatoms. The molecule has 0 atom stereocenters. The van der Waals surface area contributed by atoms with Crippen LogP contribution in [0.5, 0.6) is 0 Å². The number of benzene rings is 2. The van der Waals surface area contributed by atoms with E-state index in [2.05, 4.69) is 65.0 Å². The van der Waals surface area contributed by atoms with Crippen LogP contribution >= 0.6 is 0 Å². The molecule has 0 aromatic heterocycles. The highest BCUT2D eigenvalue weighted by atomic mass is 16.5. The number of hydrogen-bond acceptors (Lipinski definition) is 2. The van der Waals surface area contributed by atoms with Gasteiger partial charge in [-0.05, 0) is 36.1 Å². The summed E-state index contributed by atoms with van der Waals surface area (Å²) in [6, 6.07) is 16.7. The number of aryl methyl sites for hydroxylation is 1. The van der Waals surface area contributed by atoms with Crippen LogP contribution in [0.15, 0.2) is 53.5 Å². The fraction of sp³-hybridized carbons (Fsp3) is 0.350. The Balaban J connectivity index is 1.91. The Kier molecular flexibility index (Phi) is 7.30. The molecule has 0 saturated carbocycles. The Morgan fingerprint density at radius 3 is 2.12 bits per heavy atom. The molecular weight excluding hydrogens is 298 g/mol. The van der Waals surface area contributed by atoms with E-state index in [1.54, 1.807) is 7.05 Å². The quantitative estimate of drug-likeness (QED) is 0.606. The van der Waals surface area contributed by atoms with E-state index in [9.17, 15) is 0 Å². The standard InChI is InChI=1S/C20H27N3O/c1-4-24-15-19-12-8-7-11-18(19)14-23-20(21-3)22-13-17-10-6-5-9-16(17)2/h5-12H,4,13-15H2,1-3H3,(H2,21,22,23). The molecule has 0 aliphatic heterocycles. The lowest BCUT2D eigenvalue weighted by atomic mass is 10.1. The fourth-order valence-electron chi connectivity index (χ4n) is 2.47. The number of hydrogen-bond donors (Lipinski definition) is 2. The average Bonchev–Trinajstić information content (AvgIpc) is 2.62. The molecule has 0 amide bonds. The van der Waals surface area contributed by atoms with Gasteiger partial charge in [0.15, 0.2) is 5.96 Å². The monoisotopic (exact) mass is 325 g/mol. The minimum Gasteiger partial charge on any atom is -0.377 e. The van der Waals surface area contributed by atoms with Gasteiger partial charge < -0.3 is 15.4 Å². The van der Waals surface area contributed by atoms with E-state index in [0.717, 1.165) is 25.7 Å². The Morgan fingerprint density at radius 1 is 0.917 bits per heavy atom. The third-order valence-corrected chi connectivity index (χ3v) is 3.96. The summed E-state index contributed by atoms with van der Waals surface area (Å²) in [7, 11) is 1.79. The van der Waals surface area contributed by atoms with Crippen LogP contribution in [-0.4, -0.2) is 19.6 Å². The summed E-state index contributed by atoms with van der Waals surface area (Å²) in [4.78, 5) is 4.30. The maximum atomic E-state index is 5.54. The second-order valence-electron chi connectivity index (χ2n) is 5.61. The molecule has 24 heavy (non-hydrogen) atoms. The summed E-state index contributed by atoms with van der Waals surface area (Å²) in [5.74, 6) is 0.796. The van der Waals surface area contributed by atoms with E-state index in [4.69, 9.17) is 4.74 Å². The second-order valence-corrected chi connectivity index (χ2v) is 5.61. The summed E-state index contributed by atoms with van der Waals surface area (Å²) in [6.07, 6.45) is 0. The topological polar surface area (TPSA) is 45.6 Å². The molecule has 0 saturated heterocycles. The highest BCUT2D eigenvalue weighted by Crippen LogP contribution is 2.10. The molecule has 0 aliphatic rings. The molecule has 0 unspecified atom stereocenters. The van der Waals surface area contributed by atoms with Crippen LogP contribution in [0.4, 0.5) is 0 Å². The van der Waals surface area contributed by atoms with Crippen molar-refractivity contribution in [2.45, 2.75) is 33.5 Å². The van der Waals surface area contributed by atoms with Gasteiger partial charge in [0.1, 0.15) is 0 Å². The van der Waals surface area contributed by atoms with Gasteiger partial charge in [-0.15, -0.1) is 0 Å². The Bertz CT molecular complexity index is 667. The molecule has 2 aromatic rings. The first kappa shape index (κ1) is 18.0. The minimum atomic E-state index is 0.642. The van der Waals surface area contributed by atoms with E-state index in [1.165, 1.54) is 22.3 Å². The van der Waals surface area contributed by atoms with Crippen molar-refractivity contribution in [3.8, 4) is 0 Å². The predicted octanol–water partition coefficient (Wildman–Crippen LogP) is 3.40. The van der Waals surface area contributed by atoms with E-state index in [1.807, 2.05) is 13.0 Å². The van der Waals surface area contributed by atoms with E-state index in [0.29, 0.717) is 6.61 Å². The van der Waals surface area contributed by atoms with E-state index < -0.39 is 0 Å². The van der Waals surface area contributed by atoms with Crippen molar-refractivity contribution in [2.24, 2.45) is 4.99 Å². The average molecular weight is 325 g/mol. The van der Waals surface area contributed by atoms with Crippen LogP contribution in [0.2, 0.25) is 0 Å². The predicted molar refractivity (Wildman–Crippen MR) is 100.0 cm³/mol. The highest BCUT2D eigenvalue weighted by molar-refractivity contribution is 5.79. The number of aliphatic imine (C=N–C) groups is 1. The number of nitrogens with zero attached hydrogens (tertiary/aromatic N) is 1. The van der Waals surface area contributed by atoms with Gasteiger partial charge in [0.2, 0.25) is 0 Å². The van der Waals surface area contributed by atoms with Crippen LogP contribution < -0.4 is 10.6 Å². The summed E-state index contributed by atoms with van der Waals surface area (Å²) in [5.41, 5.74) is 4.99. The molecule has 2 N–H and O–H groups in total. The maximum Gasteiger partial charge on any atom is 0.191 e. The molecule has 0 spiro atoms. The van der Waals surface area contributed by atoms with Gasteiger partial charge in [-0.25, -0.2) is 0 Å². The van der Waals surface area contributed by atoms with Crippen molar-refractivity contribution in [3.05, 3.63) is 70.8 Å². The zero-order valence-corrected chi connectivity index (χ0v) is 14.8. The summed E-state index contributed by atoms with van der Waals surface area (Å²) >= 11 is 0. The molecule has 0 fully saturated rings. The van der Waals surface area contributed by atoms with Gasteiger partial charge >= 0.3 is 0 Å². The van der Waals surface area contributed by atoms with E-state index >= 15 is 0 Å². The van der Waals surface area contributed by atoms with Crippen molar-refractivity contribution < 1.29 is 4.74 Å². The normalized spacial score (nSPS) is 11.4. The first-order chi connectivity index (χ1) is 11.7. The molecule has 0 heterocycles. The van der Waals surface area contributed by atoms with Crippen molar-refractivity contribution in [1.82, 2.24) is 10.6 Å². The van der Waals surface area contributed by atoms with Crippen LogP contribution in [0.3, 0.4) is 0 Å². The summed E-state index contributed by atoms with van der Waals surface area (Å²) in [5, 5.41) is 6.74. The third kappa shape index (κ3) is 5.39. The molecule has 4 nitrogen and oxygen atoms in total. The smallest absolute Gasteiger partial charge is 0.191 e. The Labute approximate surface area is 145 Å². The summed E-state index contributed by atoms with van der Waals surface area (Å²) in [6.45, 7) is 6.98. The maximum absolute atomic E-state index is 5.54. The zero-order chi connectivity index (χ0) is 17.2. The van der Waals surface area contributed by atoms with Crippen molar-refractivity contribution in [1.29, 1.82) is 0 Å². The van der Waals surface area contributed by atoms with Crippen molar-refractivity contribution in [3.63, 3.8) is 0 Å². The van der Waals surface area contributed by atoms with Gasteiger partial charge in [0, 0.05) is 26.7 Å². The van der Waals surface area contributed by atoms with Gasteiger partial charge in [0.25, 0.3) is 0 Å². The minimum absolute atomic E-state index is 0.642. The molecule has 0 radical (unpaired) electrons. The first-order valence-electron chi connectivity index (χ1n) is 8.38.